The van der Waals surface area contributed by atoms with Crippen molar-refractivity contribution in [3.8, 4) is 50.6 Å². The summed E-state index contributed by atoms with van der Waals surface area (Å²) in [5, 5.41) is 10.4. The standard InChI is InChI=1S/C36H35N2O.Ni/c1-35(2,3)28-21-25(22-29(23-28)36(4,5)6)24-18-26(31-13-9-10-17-37-31)20-27(19-24)32-14-11-15-33(38-32)30-12-7-8-16-34(30)39;/h7-19,21-23,39H,1-6H3;/q-1;. The van der Waals surface area contributed by atoms with Crippen molar-refractivity contribution < 1.29 is 21.6 Å². The Labute approximate surface area is 248 Å². The summed E-state index contributed by atoms with van der Waals surface area (Å²) >= 11 is 0. The summed E-state index contributed by atoms with van der Waals surface area (Å²) in [6.45, 7) is 13.6. The van der Waals surface area contributed by atoms with Crippen molar-refractivity contribution in [2.24, 2.45) is 0 Å². The smallest absolute Gasteiger partial charge is 0.124 e. The predicted molar refractivity (Wildman–Crippen MR) is 162 cm³/mol. The average Bonchev–Trinajstić information content (AvgIpc) is 2.92. The molecule has 3 nitrogen and oxygen atoms in total. The van der Waals surface area contributed by atoms with E-state index in [9.17, 15) is 5.11 Å². The number of rotatable bonds is 4. The van der Waals surface area contributed by atoms with Crippen LogP contribution in [0.3, 0.4) is 0 Å². The monoisotopic (exact) mass is 569 g/mol. The van der Waals surface area contributed by atoms with Crippen LogP contribution in [-0.4, -0.2) is 15.1 Å². The normalized spacial score (nSPS) is 11.7. The van der Waals surface area contributed by atoms with Crippen LogP contribution in [0.4, 0.5) is 0 Å². The topological polar surface area (TPSA) is 46.0 Å². The zero-order chi connectivity index (χ0) is 27.8. The van der Waals surface area contributed by atoms with Gasteiger partial charge >= 0.3 is 0 Å². The predicted octanol–water partition coefficient (Wildman–Crippen LogP) is 9.24. The fourth-order valence-electron chi connectivity index (χ4n) is 4.62. The number of hydrogen-bond donors (Lipinski definition) is 1. The number of phenolic OH excluding ortho intramolecular Hbond substituents is 1. The van der Waals surface area contributed by atoms with Gasteiger partial charge in [0.05, 0.1) is 5.69 Å². The van der Waals surface area contributed by atoms with Crippen LogP contribution in [0.5, 0.6) is 5.75 Å². The van der Waals surface area contributed by atoms with Gasteiger partial charge in [-0.15, -0.1) is 18.2 Å². The number of pyridine rings is 2. The van der Waals surface area contributed by atoms with Crippen LogP contribution in [0, 0.1) is 6.07 Å². The molecular weight excluding hydrogens is 535 g/mol. The molecule has 2 aromatic heterocycles. The third kappa shape index (κ3) is 6.35. The summed E-state index contributed by atoms with van der Waals surface area (Å²) in [6, 6.07) is 34.0. The van der Waals surface area contributed by atoms with Gasteiger partial charge in [0.2, 0.25) is 0 Å². The van der Waals surface area contributed by atoms with Gasteiger partial charge in [-0.3, -0.25) is 9.97 Å². The zero-order valence-corrected chi connectivity index (χ0v) is 24.9. The van der Waals surface area contributed by atoms with Gasteiger partial charge in [-0.2, -0.15) is 0 Å². The number of benzene rings is 3. The van der Waals surface area contributed by atoms with E-state index in [1.165, 1.54) is 11.1 Å². The molecule has 0 saturated carbocycles. The molecule has 206 valence electrons. The first-order chi connectivity index (χ1) is 18.5. The van der Waals surface area contributed by atoms with Crippen LogP contribution in [0.2, 0.25) is 0 Å². The van der Waals surface area contributed by atoms with Crippen molar-refractivity contribution in [3.63, 3.8) is 0 Å². The first kappa shape index (κ1) is 29.2. The van der Waals surface area contributed by atoms with E-state index >= 15 is 0 Å². The van der Waals surface area contributed by atoms with E-state index in [-0.39, 0.29) is 33.1 Å². The number of hydrogen-bond acceptors (Lipinski definition) is 3. The van der Waals surface area contributed by atoms with Crippen molar-refractivity contribution in [3.05, 3.63) is 114 Å². The molecule has 0 aliphatic heterocycles. The molecule has 0 spiro atoms. The van der Waals surface area contributed by atoms with Crippen LogP contribution >= 0.6 is 0 Å². The summed E-state index contributed by atoms with van der Waals surface area (Å²) in [6.07, 6.45) is 1.81. The largest absolute Gasteiger partial charge is 0.507 e. The molecule has 2 heterocycles. The van der Waals surface area contributed by atoms with Gasteiger partial charge in [0.1, 0.15) is 5.75 Å². The van der Waals surface area contributed by atoms with Crippen molar-refractivity contribution in [2.75, 3.05) is 0 Å². The Morgan fingerprint density at radius 1 is 0.600 bits per heavy atom. The Morgan fingerprint density at radius 2 is 1.15 bits per heavy atom. The molecule has 5 aromatic rings. The third-order valence-electron chi connectivity index (χ3n) is 7.01. The fourth-order valence-corrected chi connectivity index (χ4v) is 4.62. The maximum absolute atomic E-state index is 10.4. The molecule has 0 unspecified atom stereocenters. The van der Waals surface area contributed by atoms with Gasteiger partial charge in [0.25, 0.3) is 0 Å². The van der Waals surface area contributed by atoms with E-state index in [4.69, 9.17) is 4.98 Å². The van der Waals surface area contributed by atoms with Crippen LogP contribution in [0.1, 0.15) is 52.7 Å². The maximum Gasteiger partial charge on any atom is 0.124 e. The van der Waals surface area contributed by atoms with Crippen LogP contribution < -0.4 is 0 Å². The Kier molecular flexibility index (Phi) is 8.33. The molecule has 4 heteroatoms. The SMILES string of the molecule is CC(C)(C)c1cc(-c2cc(-c3ccccn3)[c-]c(-c3cccc(-c4ccccc4O)n3)c2)cc(C(C)(C)C)c1.[Ni]. The van der Waals surface area contributed by atoms with Gasteiger partial charge in [0, 0.05) is 39.6 Å². The second-order valence-corrected chi connectivity index (χ2v) is 12.1. The molecular formula is C36H35N2NiO-. The number of para-hydroxylation sites is 1. The summed E-state index contributed by atoms with van der Waals surface area (Å²) in [5.74, 6) is 0.211. The van der Waals surface area contributed by atoms with E-state index in [1.54, 1.807) is 6.07 Å². The van der Waals surface area contributed by atoms with Crippen molar-refractivity contribution in [1.82, 2.24) is 9.97 Å². The third-order valence-corrected chi connectivity index (χ3v) is 7.01. The minimum absolute atomic E-state index is 0. The zero-order valence-electron chi connectivity index (χ0n) is 23.9. The number of aromatic nitrogens is 2. The molecule has 0 atom stereocenters. The van der Waals surface area contributed by atoms with E-state index in [1.807, 2.05) is 60.8 Å². The maximum atomic E-state index is 10.4. The minimum atomic E-state index is 0. The summed E-state index contributed by atoms with van der Waals surface area (Å²) in [4.78, 5) is 9.57. The molecule has 0 saturated heterocycles. The molecule has 40 heavy (non-hydrogen) atoms. The number of nitrogens with zero attached hydrogens (tertiary/aromatic N) is 2. The van der Waals surface area contributed by atoms with Crippen molar-refractivity contribution in [2.45, 2.75) is 52.4 Å². The molecule has 0 aliphatic rings. The molecule has 0 radical (unpaired) electrons. The first-order valence-corrected chi connectivity index (χ1v) is 13.4. The first-order valence-electron chi connectivity index (χ1n) is 13.4. The molecule has 0 bridgehead atoms. The Hall–Kier alpha value is -3.75. The van der Waals surface area contributed by atoms with Gasteiger partial charge in [0.15, 0.2) is 0 Å². The summed E-state index contributed by atoms with van der Waals surface area (Å²) < 4.78 is 0. The minimum Gasteiger partial charge on any atom is -0.507 e. The van der Waals surface area contributed by atoms with E-state index < -0.39 is 0 Å². The summed E-state index contributed by atoms with van der Waals surface area (Å²) in [7, 11) is 0. The number of phenols is 1. The molecule has 0 aliphatic carbocycles. The number of aromatic hydroxyl groups is 1. The Morgan fingerprint density at radius 3 is 1.75 bits per heavy atom. The van der Waals surface area contributed by atoms with Gasteiger partial charge in [-0.1, -0.05) is 113 Å². The van der Waals surface area contributed by atoms with E-state index in [2.05, 4.69) is 82.9 Å². The molecule has 1 N–H and O–H groups in total. The molecule has 0 fully saturated rings. The van der Waals surface area contributed by atoms with Crippen molar-refractivity contribution >= 4 is 0 Å². The molecule has 5 rings (SSSR count). The Bertz CT molecular complexity index is 1600. The van der Waals surface area contributed by atoms with Crippen LogP contribution in [0.25, 0.3) is 44.9 Å². The molecule has 0 amide bonds. The average molecular weight is 570 g/mol. The van der Waals surface area contributed by atoms with Crippen LogP contribution in [-0.2, 0) is 27.3 Å². The van der Waals surface area contributed by atoms with Gasteiger partial charge in [-0.25, -0.2) is 0 Å². The van der Waals surface area contributed by atoms with E-state index in [0.29, 0.717) is 11.3 Å². The summed E-state index contributed by atoms with van der Waals surface area (Å²) in [5.41, 5.74) is 9.75. The Balaban J connectivity index is 0.00000370. The second-order valence-electron chi connectivity index (χ2n) is 12.1. The van der Waals surface area contributed by atoms with Gasteiger partial charge < -0.3 is 5.11 Å². The van der Waals surface area contributed by atoms with Gasteiger partial charge in [-0.05, 0) is 51.8 Å². The quantitative estimate of drug-likeness (QED) is 0.173. The van der Waals surface area contributed by atoms with E-state index in [0.717, 1.165) is 33.6 Å². The fraction of sp³-hybridized carbons (Fsp3) is 0.222. The molecule has 3 aromatic carbocycles. The second kappa shape index (κ2) is 11.4. The van der Waals surface area contributed by atoms with Crippen LogP contribution in [0.15, 0.2) is 97.2 Å². The van der Waals surface area contributed by atoms with Crippen molar-refractivity contribution in [1.29, 1.82) is 0 Å².